The smallest absolute Gasteiger partial charge is 0.337 e. The Kier molecular flexibility index (Phi) is 7.75. The molecule has 1 saturated carbocycles. The Bertz CT molecular complexity index is 873. The molecule has 30 heavy (non-hydrogen) atoms. The zero-order chi connectivity index (χ0) is 21.5. The van der Waals surface area contributed by atoms with Crippen molar-refractivity contribution in [3.8, 4) is 5.75 Å². The van der Waals surface area contributed by atoms with Crippen LogP contribution < -0.4 is 10.1 Å². The number of hydrogen-bond acceptors (Lipinski definition) is 4. The van der Waals surface area contributed by atoms with Gasteiger partial charge >= 0.3 is 5.97 Å². The van der Waals surface area contributed by atoms with Crippen LogP contribution in [0, 0.1) is 5.92 Å². The Morgan fingerprint density at radius 2 is 1.77 bits per heavy atom. The first-order chi connectivity index (χ1) is 14.5. The molecule has 0 heterocycles. The van der Waals surface area contributed by atoms with Crippen molar-refractivity contribution in [1.29, 1.82) is 0 Å². The molecule has 0 unspecified atom stereocenters. The molecule has 3 rings (SSSR count). The lowest BCUT2D eigenvalue weighted by atomic mass is 9.89. The molecule has 0 aliphatic heterocycles. The summed E-state index contributed by atoms with van der Waals surface area (Å²) in [7, 11) is 1.36. The predicted molar refractivity (Wildman–Crippen MR) is 117 cm³/mol. The third kappa shape index (κ3) is 5.99. The monoisotopic (exact) mass is 429 g/mol. The minimum absolute atomic E-state index is 0.141. The normalized spacial score (nSPS) is 18.5. The highest BCUT2D eigenvalue weighted by Crippen LogP contribution is 2.30. The summed E-state index contributed by atoms with van der Waals surface area (Å²) in [5, 5.41) is 3.44. The maximum Gasteiger partial charge on any atom is 0.337 e. The molecular formula is C24H28ClNO4. The van der Waals surface area contributed by atoms with Gasteiger partial charge in [-0.15, -0.1) is 0 Å². The molecular weight excluding hydrogens is 402 g/mol. The van der Waals surface area contributed by atoms with E-state index in [9.17, 15) is 9.59 Å². The molecule has 0 aromatic heterocycles. The van der Waals surface area contributed by atoms with Crippen molar-refractivity contribution in [1.82, 2.24) is 5.32 Å². The van der Waals surface area contributed by atoms with E-state index < -0.39 is 0 Å². The highest BCUT2D eigenvalue weighted by atomic mass is 35.5. The number of carbonyl (C=O) groups excluding carboxylic acids is 2. The molecule has 0 bridgehead atoms. The van der Waals surface area contributed by atoms with Gasteiger partial charge in [-0.25, -0.2) is 4.79 Å². The van der Waals surface area contributed by atoms with E-state index in [1.54, 1.807) is 30.3 Å². The number of methoxy groups -OCH3 is 1. The van der Waals surface area contributed by atoms with Gasteiger partial charge < -0.3 is 14.8 Å². The van der Waals surface area contributed by atoms with Gasteiger partial charge in [0.25, 0.3) is 5.91 Å². The van der Waals surface area contributed by atoms with Gasteiger partial charge in [-0.2, -0.15) is 0 Å². The summed E-state index contributed by atoms with van der Waals surface area (Å²) in [5.74, 6) is 0.747. The molecule has 1 aliphatic carbocycles. The number of nitrogens with one attached hydrogen (secondary N) is 1. The SMILES string of the molecule is COC(=O)c1ccc(CCNC(=O)c2cc(Cl)ccc2OC2CCC(C)CC2)cc1. The Labute approximate surface area is 182 Å². The number of halogens is 1. The van der Waals surface area contributed by atoms with Crippen molar-refractivity contribution in [3.63, 3.8) is 0 Å². The van der Waals surface area contributed by atoms with Crippen LogP contribution in [0.2, 0.25) is 5.02 Å². The fourth-order valence-electron chi connectivity index (χ4n) is 3.65. The third-order valence-corrected chi connectivity index (χ3v) is 5.75. The molecule has 2 aromatic rings. The van der Waals surface area contributed by atoms with Crippen molar-refractivity contribution in [2.24, 2.45) is 5.92 Å². The Morgan fingerprint density at radius 3 is 2.43 bits per heavy atom. The van der Waals surface area contributed by atoms with Crippen LogP contribution in [0.5, 0.6) is 5.75 Å². The number of benzene rings is 2. The van der Waals surface area contributed by atoms with E-state index in [2.05, 4.69) is 12.2 Å². The zero-order valence-corrected chi connectivity index (χ0v) is 18.2. The van der Waals surface area contributed by atoms with Crippen LogP contribution in [0.3, 0.4) is 0 Å². The average molecular weight is 430 g/mol. The van der Waals surface area contributed by atoms with Crippen molar-refractivity contribution < 1.29 is 19.1 Å². The van der Waals surface area contributed by atoms with E-state index in [0.717, 1.165) is 37.2 Å². The molecule has 1 N–H and O–H groups in total. The summed E-state index contributed by atoms with van der Waals surface area (Å²) in [5.41, 5.74) is 1.98. The lowest BCUT2D eigenvalue weighted by molar-refractivity contribution is 0.0600. The Morgan fingerprint density at radius 1 is 1.07 bits per heavy atom. The van der Waals surface area contributed by atoms with Crippen LogP contribution in [-0.2, 0) is 11.2 Å². The fourth-order valence-corrected chi connectivity index (χ4v) is 3.82. The summed E-state index contributed by atoms with van der Waals surface area (Å²) in [4.78, 5) is 24.3. The molecule has 0 atom stereocenters. The topological polar surface area (TPSA) is 64.6 Å². The lowest BCUT2D eigenvalue weighted by Gasteiger charge is -2.27. The first-order valence-corrected chi connectivity index (χ1v) is 10.8. The van der Waals surface area contributed by atoms with Crippen LogP contribution in [-0.4, -0.2) is 31.6 Å². The lowest BCUT2D eigenvalue weighted by Crippen LogP contribution is -2.28. The molecule has 2 aromatic carbocycles. The Hall–Kier alpha value is -2.53. The fraction of sp³-hybridized carbons (Fsp3) is 0.417. The Balaban J connectivity index is 1.58. The first kappa shape index (κ1) is 22.2. The number of amides is 1. The molecule has 1 fully saturated rings. The maximum absolute atomic E-state index is 12.8. The maximum atomic E-state index is 12.8. The third-order valence-electron chi connectivity index (χ3n) is 5.52. The molecule has 5 nitrogen and oxygen atoms in total. The number of carbonyl (C=O) groups is 2. The van der Waals surface area contributed by atoms with Gasteiger partial charge in [-0.3, -0.25) is 4.79 Å². The number of rotatable bonds is 7. The van der Waals surface area contributed by atoms with Crippen molar-refractivity contribution in [2.45, 2.75) is 45.1 Å². The summed E-state index contributed by atoms with van der Waals surface area (Å²) in [6.45, 7) is 2.73. The van der Waals surface area contributed by atoms with E-state index in [-0.39, 0.29) is 18.0 Å². The van der Waals surface area contributed by atoms with Gasteiger partial charge in [-0.05, 0) is 73.9 Å². The highest BCUT2D eigenvalue weighted by Gasteiger charge is 2.22. The first-order valence-electron chi connectivity index (χ1n) is 10.4. The van der Waals surface area contributed by atoms with Gasteiger partial charge in [0.1, 0.15) is 5.75 Å². The van der Waals surface area contributed by atoms with Crippen molar-refractivity contribution in [3.05, 3.63) is 64.2 Å². The van der Waals surface area contributed by atoms with E-state index in [0.29, 0.717) is 34.9 Å². The van der Waals surface area contributed by atoms with E-state index in [1.807, 2.05) is 12.1 Å². The van der Waals surface area contributed by atoms with Crippen LogP contribution in [0.1, 0.15) is 58.9 Å². The number of esters is 1. The van der Waals surface area contributed by atoms with Gasteiger partial charge in [0.05, 0.1) is 24.3 Å². The van der Waals surface area contributed by atoms with Gasteiger partial charge in [-0.1, -0.05) is 30.7 Å². The van der Waals surface area contributed by atoms with Crippen molar-refractivity contribution in [2.75, 3.05) is 13.7 Å². The van der Waals surface area contributed by atoms with Crippen LogP contribution in [0.15, 0.2) is 42.5 Å². The van der Waals surface area contributed by atoms with Gasteiger partial charge in [0, 0.05) is 11.6 Å². The predicted octanol–water partition coefficient (Wildman–Crippen LogP) is 5.06. The molecule has 0 spiro atoms. The summed E-state index contributed by atoms with van der Waals surface area (Å²) < 4.78 is 10.9. The second-order valence-electron chi connectivity index (χ2n) is 7.83. The van der Waals surface area contributed by atoms with Crippen LogP contribution in [0.4, 0.5) is 0 Å². The van der Waals surface area contributed by atoms with Crippen LogP contribution >= 0.6 is 11.6 Å². The summed E-state index contributed by atoms with van der Waals surface area (Å²) in [6.07, 6.45) is 5.09. The van der Waals surface area contributed by atoms with E-state index in [4.69, 9.17) is 21.1 Å². The van der Waals surface area contributed by atoms with E-state index >= 15 is 0 Å². The second-order valence-corrected chi connectivity index (χ2v) is 8.27. The molecule has 0 radical (unpaired) electrons. The van der Waals surface area contributed by atoms with Gasteiger partial charge in [0.15, 0.2) is 0 Å². The molecule has 1 amide bonds. The van der Waals surface area contributed by atoms with Gasteiger partial charge in [0.2, 0.25) is 0 Å². The standard InChI is InChI=1S/C24H28ClNO4/c1-16-3-10-20(11-4-16)30-22-12-9-19(25)15-21(22)23(27)26-14-13-17-5-7-18(8-6-17)24(28)29-2/h5-9,12,15-16,20H,3-4,10-11,13-14H2,1-2H3,(H,26,27). The minimum Gasteiger partial charge on any atom is -0.490 e. The largest absolute Gasteiger partial charge is 0.490 e. The minimum atomic E-state index is -0.365. The number of ether oxygens (including phenoxy) is 2. The van der Waals surface area contributed by atoms with Crippen LogP contribution in [0.25, 0.3) is 0 Å². The molecule has 6 heteroatoms. The van der Waals surface area contributed by atoms with E-state index in [1.165, 1.54) is 7.11 Å². The number of hydrogen-bond donors (Lipinski definition) is 1. The molecule has 1 aliphatic rings. The summed E-state index contributed by atoms with van der Waals surface area (Å²) in [6, 6.07) is 12.3. The molecule has 0 saturated heterocycles. The zero-order valence-electron chi connectivity index (χ0n) is 17.4. The second kappa shape index (κ2) is 10.5. The highest BCUT2D eigenvalue weighted by molar-refractivity contribution is 6.31. The summed E-state index contributed by atoms with van der Waals surface area (Å²) >= 11 is 6.13. The quantitative estimate of drug-likeness (QED) is 0.625. The van der Waals surface area contributed by atoms with Crippen molar-refractivity contribution >= 4 is 23.5 Å². The molecule has 160 valence electrons. The average Bonchev–Trinajstić information content (AvgIpc) is 2.76.